The van der Waals surface area contributed by atoms with Gasteiger partial charge >= 0.3 is 5.97 Å². The number of unbranched alkanes of at least 4 members (excludes halogenated alkanes) is 2. The van der Waals surface area contributed by atoms with Gasteiger partial charge in [0.15, 0.2) is 0 Å². The third kappa shape index (κ3) is 11.0. The summed E-state index contributed by atoms with van der Waals surface area (Å²) in [4.78, 5) is 11.8. The van der Waals surface area contributed by atoms with Crippen molar-refractivity contribution in [1.29, 1.82) is 0 Å². The Morgan fingerprint density at radius 1 is 1.00 bits per heavy atom. The molecule has 0 N–H and O–H groups in total. The van der Waals surface area contributed by atoms with E-state index in [1.165, 1.54) is 0 Å². The minimum atomic E-state index is -0.0756. The molecular weight excluding hydrogens is 244 g/mol. The van der Waals surface area contributed by atoms with Crippen molar-refractivity contribution in [1.82, 2.24) is 0 Å². The van der Waals surface area contributed by atoms with Crippen molar-refractivity contribution in [2.24, 2.45) is 5.92 Å². The van der Waals surface area contributed by atoms with Crippen LogP contribution in [0.25, 0.3) is 0 Å². The van der Waals surface area contributed by atoms with Crippen molar-refractivity contribution in [3.63, 3.8) is 0 Å². The van der Waals surface area contributed by atoms with Gasteiger partial charge in [0, 0.05) is 13.2 Å². The van der Waals surface area contributed by atoms with Crippen LogP contribution < -0.4 is 0 Å². The molecule has 0 amide bonds. The third-order valence-corrected chi connectivity index (χ3v) is 3.09. The fraction of sp³-hybridized carbons (Fsp3) is 0.933. The number of rotatable bonds is 13. The number of hydrogen-bond acceptors (Lipinski definition) is 3. The number of hydrogen-bond donors (Lipinski definition) is 0. The van der Waals surface area contributed by atoms with Crippen LogP contribution in [0.2, 0.25) is 0 Å². The lowest BCUT2D eigenvalue weighted by molar-refractivity contribution is -0.149. The molecule has 0 aromatic carbocycles. The van der Waals surface area contributed by atoms with Crippen LogP contribution in [0.1, 0.15) is 58.8 Å². The molecule has 0 aliphatic heterocycles. The van der Waals surface area contributed by atoms with Crippen LogP contribution >= 0.6 is 0 Å². The zero-order chi connectivity index (χ0) is 14.3. The molecule has 0 saturated heterocycles. The van der Waals surface area contributed by atoms with Crippen LogP contribution in [-0.2, 0) is 19.4 Å². The van der Waals surface area contributed by atoms with Crippen molar-refractivity contribution in [2.45, 2.75) is 58.8 Å². The molecule has 1 atom stereocenters. The average molecular weight is 273 g/mol. The van der Waals surface area contributed by atoms with Crippen molar-refractivity contribution in [2.75, 3.05) is 26.4 Å². The van der Waals surface area contributed by atoms with Crippen LogP contribution in [0.3, 0.4) is 0 Å². The van der Waals surface area contributed by atoms with E-state index in [2.05, 4.69) is 6.92 Å². The molecule has 0 aromatic rings. The predicted octanol–water partition coefficient (Wildman–Crippen LogP) is 3.36. The van der Waals surface area contributed by atoms with Gasteiger partial charge in [-0.2, -0.15) is 0 Å². The first kappa shape index (κ1) is 18.4. The fourth-order valence-electron chi connectivity index (χ4n) is 1.80. The third-order valence-electron chi connectivity index (χ3n) is 3.09. The van der Waals surface area contributed by atoms with Gasteiger partial charge in [-0.15, -0.1) is 0 Å². The summed E-state index contributed by atoms with van der Waals surface area (Å²) in [6, 6.07) is 0. The molecule has 0 heterocycles. The summed E-state index contributed by atoms with van der Waals surface area (Å²) in [7, 11) is 0. The minimum Gasteiger partial charge on any atom is -0.465 e. The molecule has 0 aliphatic rings. The van der Waals surface area contributed by atoms with Crippen LogP contribution in [0, 0.1) is 5.92 Å². The van der Waals surface area contributed by atoms with E-state index in [-0.39, 0.29) is 18.5 Å². The Hall–Kier alpha value is -0.610. The molecule has 19 heavy (non-hydrogen) atoms. The molecule has 1 unspecified atom stereocenters. The summed E-state index contributed by atoms with van der Waals surface area (Å²) in [5.74, 6) is 0.0106. The summed E-state index contributed by atoms with van der Waals surface area (Å²) in [6.07, 6.45) is 6.27. The SMILES string of the molecule is CCCCC(CC)C(=O)OCCCCOCCC[O]. The Bertz CT molecular complexity index is 206. The second-order valence-electron chi connectivity index (χ2n) is 4.79. The molecule has 0 bridgehead atoms. The van der Waals surface area contributed by atoms with E-state index in [0.29, 0.717) is 26.2 Å². The Kier molecular flexibility index (Phi) is 13.4. The molecule has 4 heteroatoms. The summed E-state index contributed by atoms with van der Waals surface area (Å²) in [5.41, 5.74) is 0. The number of carbonyl (C=O) groups excluding carboxylic acids is 1. The van der Waals surface area contributed by atoms with Gasteiger partial charge in [0.25, 0.3) is 0 Å². The summed E-state index contributed by atoms with van der Waals surface area (Å²) >= 11 is 0. The maximum atomic E-state index is 11.8. The second-order valence-corrected chi connectivity index (χ2v) is 4.79. The van der Waals surface area contributed by atoms with Crippen LogP contribution in [0.5, 0.6) is 0 Å². The van der Waals surface area contributed by atoms with E-state index >= 15 is 0 Å². The standard InChI is InChI=1S/C15H29O4/c1-3-5-9-14(4-2)15(17)19-13-7-6-11-18-12-8-10-16/h14H,3-13H2,1-2H3. The van der Waals surface area contributed by atoms with Crippen LogP contribution in [0.15, 0.2) is 0 Å². The largest absolute Gasteiger partial charge is 0.465 e. The maximum Gasteiger partial charge on any atom is 0.308 e. The second kappa shape index (κ2) is 13.8. The topological polar surface area (TPSA) is 55.4 Å². The van der Waals surface area contributed by atoms with Crippen LogP contribution in [-0.4, -0.2) is 32.4 Å². The van der Waals surface area contributed by atoms with Gasteiger partial charge in [0.2, 0.25) is 0 Å². The van der Waals surface area contributed by atoms with Gasteiger partial charge in [-0.05, 0) is 32.1 Å². The van der Waals surface area contributed by atoms with E-state index in [1.54, 1.807) is 0 Å². The van der Waals surface area contributed by atoms with Gasteiger partial charge in [-0.1, -0.05) is 26.7 Å². The molecule has 1 radical (unpaired) electrons. The van der Waals surface area contributed by atoms with Crippen molar-refractivity contribution >= 4 is 5.97 Å². The zero-order valence-electron chi connectivity index (χ0n) is 12.5. The van der Waals surface area contributed by atoms with E-state index in [9.17, 15) is 9.90 Å². The lowest BCUT2D eigenvalue weighted by Gasteiger charge is -2.13. The Labute approximate surface area is 117 Å². The summed E-state index contributed by atoms with van der Waals surface area (Å²) < 4.78 is 10.5. The van der Waals surface area contributed by atoms with Gasteiger partial charge in [0.05, 0.1) is 19.1 Å². The Morgan fingerprint density at radius 2 is 1.68 bits per heavy atom. The maximum absolute atomic E-state index is 11.8. The molecule has 0 aromatic heterocycles. The molecule has 113 valence electrons. The van der Waals surface area contributed by atoms with E-state index in [1.807, 2.05) is 6.92 Å². The van der Waals surface area contributed by atoms with Gasteiger partial charge in [-0.25, -0.2) is 5.11 Å². The summed E-state index contributed by atoms with van der Waals surface area (Å²) in [5, 5.41) is 10.2. The monoisotopic (exact) mass is 273 g/mol. The van der Waals surface area contributed by atoms with E-state index in [4.69, 9.17) is 9.47 Å². The van der Waals surface area contributed by atoms with Crippen molar-refractivity contribution in [3.8, 4) is 0 Å². The van der Waals surface area contributed by atoms with Gasteiger partial charge in [0.1, 0.15) is 0 Å². The van der Waals surface area contributed by atoms with E-state index < -0.39 is 0 Å². The zero-order valence-corrected chi connectivity index (χ0v) is 12.5. The van der Waals surface area contributed by atoms with Gasteiger partial charge < -0.3 is 9.47 Å². The average Bonchev–Trinajstić information content (AvgIpc) is 2.42. The first-order chi connectivity index (χ1) is 9.26. The Balaban J connectivity index is 3.45. The van der Waals surface area contributed by atoms with Crippen molar-refractivity contribution < 1.29 is 19.4 Å². The molecule has 4 nitrogen and oxygen atoms in total. The lowest BCUT2D eigenvalue weighted by Crippen LogP contribution is -2.18. The normalized spacial score (nSPS) is 12.4. The highest BCUT2D eigenvalue weighted by Gasteiger charge is 2.16. The molecule has 0 fully saturated rings. The first-order valence-electron chi connectivity index (χ1n) is 7.58. The Morgan fingerprint density at radius 3 is 2.32 bits per heavy atom. The first-order valence-corrected chi connectivity index (χ1v) is 7.58. The highest BCUT2D eigenvalue weighted by Crippen LogP contribution is 2.14. The summed E-state index contributed by atoms with van der Waals surface area (Å²) in [6.45, 7) is 5.75. The lowest BCUT2D eigenvalue weighted by atomic mass is 10.00. The predicted molar refractivity (Wildman–Crippen MR) is 74.5 cm³/mol. The number of ether oxygens (including phenoxy) is 2. The van der Waals surface area contributed by atoms with Gasteiger partial charge in [-0.3, -0.25) is 4.79 Å². The number of esters is 1. The highest BCUT2D eigenvalue weighted by molar-refractivity contribution is 5.72. The molecule has 0 aliphatic carbocycles. The quantitative estimate of drug-likeness (QED) is 0.382. The van der Waals surface area contributed by atoms with Crippen LogP contribution in [0.4, 0.5) is 0 Å². The molecule has 0 saturated carbocycles. The van der Waals surface area contributed by atoms with Crippen molar-refractivity contribution in [3.05, 3.63) is 0 Å². The molecule has 0 rings (SSSR count). The molecule has 0 spiro atoms. The number of carbonyl (C=O) groups is 1. The molecular formula is C15H29O4. The minimum absolute atomic E-state index is 0.0526. The smallest absolute Gasteiger partial charge is 0.308 e. The fourth-order valence-corrected chi connectivity index (χ4v) is 1.80. The van der Waals surface area contributed by atoms with E-state index in [0.717, 1.165) is 38.5 Å². The highest BCUT2D eigenvalue weighted by atomic mass is 16.5.